The molecule has 0 radical (unpaired) electrons. The van der Waals surface area contributed by atoms with Gasteiger partial charge in [0.15, 0.2) is 0 Å². The number of rotatable bonds is 5. The SMILES string of the molecule is CCc1cc(C(=O)NCC(O)CO)cc(Cl)n1. The van der Waals surface area contributed by atoms with Crippen LogP contribution in [0.2, 0.25) is 5.15 Å². The van der Waals surface area contributed by atoms with Gasteiger partial charge in [-0.3, -0.25) is 4.79 Å². The molecule has 1 rings (SSSR count). The molecule has 1 heterocycles. The van der Waals surface area contributed by atoms with Crippen LogP contribution >= 0.6 is 11.6 Å². The molecule has 0 saturated heterocycles. The van der Waals surface area contributed by atoms with Crippen molar-refractivity contribution in [2.75, 3.05) is 13.2 Å². The Morgan fingerprint density at radius 2 is 2.29 bits per heavy atom. The van der Waals surface area contributed by atoms with Crippen molar-refractivity contribution in [1.82, 2.24) is 10.3 Å². The molecular weight excluding hydrogens is 244 g/mol. The van der Waals surface area contributed by atoms with Gasteiger partial charge in [0.25, 0.3) is 5.91 Å². The van der Waals surface area contributed by atoms with Crippen molar-refractivity contribution in [2.24, 2.45) is 0 Å². The number of halogens is 1. The van der Waals surface area contributed by atoms with Crippen LogP contribution in [-0.4, -0.2) is 40.4 Å². The van der Waals surface area contributed by atoms with Crippen LogP contribution in [0.4, 0.5) is 0 Å². The fraction of sp³-hybridized carbons (Fsp3) is 0.455. The number of pyridine rings is 1. The van der Waals surface area contributed by atoms with E-state index in [2.05, 4.69) is 10.3 Å². The molecule has 0 saturated carbocycles. The van der Waals surface area contributed by atoms with E-state index in [1.54, 1.807) is 6.07 Å². The quantitative estimate of drug-likeness (QED) is 0.667. The standard InChI is InChI=1S/C11H15ClN2O3/c1-2-8-3-7(4-10(12)14-8)11(17)13-5-9(16)6-15/h3-4,9,15-16H,2,5-6H2,1H3,(H,13,17). The Bertz CT molecular complexity index is 398. The molecule has 17 heavy (non-hydrogen) atoms. The minimum atomic E-state index is -0.957. The Balaban J connectivity index is 2.71. The van der Waals surface area contributed by atoms with Gasteiger partial charge in [0.2, 0.25) is 0 Å². The monoisotopic (exact) mass is 258 g/mol. The molecule has 0 aliphatic rings. The largest absolute Gasteiger partial charge is 0.394 e. The summed E-state index contributed by atoms with van der Waals surface area (Å²) in [7, 11) is 0. The number of hydrogen-bond donors (Lipinski definition) is 3. The van der Waals surface area contributed by atoms with Crippen LogP contribution in [0.25, 0.3) is 0 Å². The number of aryl methyl sites for hydroxylation is 1. The summed E-state index contributed by atoms with van der Waals surface area (Å²) in [5.74, 6) is -0.350. The first-order valence-corrected chi connectivity index (χ1v) is 5.68. The van der Waals surface area contributed by atoms with E-state index < -0.39 is 12.7 Å². The molecule has 0 spiro atoms. The zero-order valence-corrected chi connectivity index (χ0v) is 10.2. The summed E-state index contributed by atoms with van der Waals surface area (Å²) in [4.78, 5) is 15.7. The maximum Gasteiger partial charge on any atom is 0.251 e. The molecule has 1 aromatic heterocycles. The molecule has 0 fully saturated rings. The van der Waals surface area contributed by atoms with Crippen molar-refractivity contribution in [3.8, 4) is 0 Å². The number of nitrogens with one attached hydrogen (secondary N) is 1. The van der Waals surface area contributed by atoms with Gasteiger partial charge in [0.05, 0.1) is 12.7 Å². The highest BCUT2D eigenvalue weighted by atomic mass is 35.5. The molecule has 0 aliphatic heterocycles. The maximum absolute atomic E-state index is 11.7. The lowest BCUT2D eigenvalue weighted by molar-refractivity contribution is 0.0802. The van der Waals surface area contributed by atoms with Gasteiger partial charge >= 0.3 is 0 Å². The predicted molar refractivity (Wildman–Crippen MR) is 64.1 cm³/mol. The van der Waals surface area contributed by atoms with E-state index in [4.69, 9.17) is 21.8 Å². The lowest BCUT2D eigenvalue weighted by Crippen LogP contribution is -2.33. The van der Waals surface area contributed by atoms with Crippen LogP contribution in [0.5, 0.6) is 0 Å². The molecule has 1 unspecified atom stereocenters. The Kier molecular flexibility index (Phi) is 5.34. The molecule has 0 bridgehead atoms. The highest BCUT2D eigenvalue weighted by Crippen LogP contribution is 2.11. The Hall–Kier alpha value is -1.17. The third kappa shape index (κ3) is 4.30. The molecular formula is C11H15ClN2O3. The molecule has 1 amide bonds. The average molecular weight is 259 g/mol. The highest BCUT2D eigenvalue weighted by Gasteiger charge is 2.10. The highest BCUT2D eigenvalue weighted by molar-refractivity contribution is 6.29. The number of carbonyl (C=O) groups excluding carboxylic acids is 1. The summed E-state index contributed by atoms with van der Waals surface area (Å²) in [5, 5.41) is 20.5. The molecule has 0 aliphatic carbocycles. The van der Waals surface area contributed by atoms with Gasteiger partial charge in [-0.1, -0.05) is 18.5 Å². The fourth-order valence-electron chi connectivity index (χ4n) is 1.24. The van der Waals surface area contributed by atoms with E-state index in [0.29, 0.717) is 12.0 Å². The van der Waals surface area contributed by atoms with Crippen molar-refractivity contribution in [2.45, 2.75) is 19.4 Å². The van der Waals surface area contributed by atoms with E-state index in [0.717, 1.165) is 5.69 Å². The number of carbonyl (C=O) groups is 1. The summed E-state index contributed by atoms with van der Waals surface area (Å²) in [6.07, 6.45) is -0.276. The van der Waals surface area contributed by atoms with E-state index in [1.165, 1.54) is 6.07 Å². The normalized spacial score (nSPS) is 12.2. The van der Waals surface area contributed by atoms with Crippen LogP contribution in [-0.2, 0) is 6.42 Å². The minimum Gasteiger partial charge on any atom is -0.394 e. The summed E-state index contributed by atoms with van der Waals surface area (Å²) >= 11 is 5.78. The number of hydrogen-bond acceptors (Lipinski definition) is 4. The fourth-order valence-corrected chi connectivity index (χ4v) is 1.47. The number of aliphatic hydroxyl groups excluding tert-OH is 2. The molecule has 5 nitrogen and oxygen atoms in total. The van der Waals surface area contributed by atoms with Crippen molar-refractivity contribution in [3.63, 3.8) is 0 Å². The topological polar surface area (TPSA) is 82.5 Å². The molecule has 0 aromatic carbocycles. The molecule has 6 heteroatoms. The first-order valence-electron chi connectivity index (χ1n) is 5.30. The summed E-state index contributed by atoms with van der Waals surface area (Å²) in [6.45, 7) is 1.52. The molecule has 1 atom stereocenters. The van der Waals surface area contributed by atoms with Gasteiger partial charge in [-0.05, 0) is 18.6 Å². The second-order valence-corrected chi connectivity index (χ2v) is 3.96. The first kappa shape index (κ1) is 13.9. The smallest absolute Gasteiger partial charge is 0.251 e. The predicted octanol–water partition coefficient (Wildman–Crippen LogP) is 0.380. The van der Waals surface area contributed by atoms with Crippen LogP contribution in [0.3, 0.4) is 0 Å². The second kappa shape index (κ2) is 6.54. The molecule has 3 N–H and O–H groups in total. The van der Waals surface area contributed by atoms with E-state index in [-0.39, 0.29) is 17.6 Å². The first-order chi connectivity index (χ1) is 8.06. The van der Waals surface area contributed by atoms with Gasteiger partial charge in [-0.2, -0.15) is 0 Å². The lowest BCUT2D eigenvalue weighted by Gasteiger charge is -2.09. The van der Waals surface area contributed by atoms with Gasteiger partial charge in [-0.15, -0.1) is 0 Å². The zero-order valence-electron chi connectivity index (χ0n) is 9.48. The summed E-state index contributed by atoms with van der Waals surface area (Å²) in [5.41, 5.74) is 1.12. The Morgan fingerprint density at radius 3 is 2.88 bits per heavy atom. The second-order valence-electron chi connectivity index (χ2n) is 3.57. The van der Waals surface area contributed by atoms with Crippen molar-refractivity contribution < 1.29 is 15.0 Å². The third-order valence-corrected chi connectivity index (χ3v) is 2.37. The van der Waals surface area contributed by atoms with E-state index >= 15 is 0 Å². The van der Waals surface area contributed by atoms with Crippen molar-refractivity contribution >= 4 is 17.5 Å². The van der Waals surface area contributed by atoms with Gasteiger partial charge in [-0.25, -0.2) is 4.98 Å². The van der Waals surface area contributed by atoms with Crippen LogP contribution in [0.1, 0.15) is 23.0 Å². The number of aliphatic hydroxyl groups is 2. The summed E-state index contributed by atoms with van der Waals surface area (Å²) in [6, 6.07) is 3.11. The van der Waals surface area contributed by atoms with Gasteiger partial charge in [0, 0.05) is 17.8 Å². The maximum atomic E-state index is 11.7. The average Bonchev–Trinajstić information content (AvgIpc) is 2.34. The van der Waals surface area contributed by atoms with Crippen molar-refractivity contribution in [1.29, 1.82) is 0 Å². The van der Waals surface area contributed by atoms with Gasteiger partial charge in [0.1, 0.15) is 5.15 Å². The molecule has 94 valence electrons. The number of nitrogens with zero attached hydrogens (tertiary/aromatic N) is 1. The van der Waals surface area contributed by atoms with Gasteiger partial charge < -0.3 is 15.5 Å². The van der Waals surface area contributed by atoms with Crippen LogP contribution in [0.15, 0.2) is 12.1 Å². The number of aromatic nitrogens is 1. The Morgan fingerprint density at radius 1 is 1.59 bits per heavy atom. The van der Waals surface area contributed by atoms with Crippen LogP contribution < -0.4 is 5.32 Å². The lowest BCUT2D eigenvalue weighted by atomic mass is 10.2. The molecule has 1 aromatic rings. The summed E-state index contributed by atoms with van der Waals surface area (Å²) < 4.78 is 0. The zero-order chi connectivity index (χ0) is 12.8. The third-order valence-electron chi connectivity index (χ3n) is 2.18. The minimum absolute atomic E-state index is 0.00324. The van der Waals surface area contributed by atoms with E-state index in [9.17, 15) is 4.79 Å². The van der Waals surface area contributed by atoms with Crippen molar-refractivity contribution in [3.05, 3.63) is 28.5 Å². The number of amides is 1. The Labute approximate surface area is 104 Å². The van der Waals surface area contributed by atoms with Crippen LogP contribution in [0, 0.1) is 0 Å². The van der Waals surface area contributed by atoms with E-state index in [1.807, 2.05) is 6.92 Å².